The highest BCUT2D eigenvalue weighted by atomic mass is 32.1. The molecule has 1 fully saturated rings. The Balaban J connectivity index is 1.77. The van der Waals surface area contributed by atoms with Gasteiger partial charge in [-0.2, -0.15) is 0 Å². The Morgan fingerprint density at radius 2 is 2.12 bits per heavy atom. The van der Waals surface area contributed by atoms with Gasteiger partial charge in [0, 0.05) is 22.8 Å². The molecule has 0 aliphatic heterocycles. The molecule has 1 heterocycles. The van der Waals surface area contributed by atoms with Gasteiger partial charge in [0.25, 0.3) is 0 Å². The normalized spacial score (nSPS) is 18.4. The van der Waals surface area contributed by atoms with Crippen LogP contribution < -0.4 is 5.32 Å². The van der Waals surface area contributed by atoms with Gasteiger partial charge in [0.1, 0.15) is 0 Å². The average molecular weight is 253 g/mol. The molecule has 2 rings (SSSR count). The van der Waals surface area contributed by atoms with E-state index in [0.29, 0.717) is 5.92 Å². The Morgan fingerprint density at radius 3 is 2.65 bits per heavy atom. The average Bonchev–Trinajstić information content (AvgIpc) is 2.97. The van der Waals surface area contributed by atoms with E-state index in [1.165, 1.54) is 22.6 Å². The van der Waals surface area contributed by atoms with E-state index in [0.717, 1.165) is 13.1 Å². The number of thiophene rings is 1. The number of hydrogen-bond donors (Lipinski definition) is 2. The number of aliphatic hydroxyl groups excluding tert-OH is 1. The molecule has 2 N–H and O–H groups in total. The quantitative estimate of drug-likeness (QED) is 0.845. The molecule has 0 spiro atoms. The lowest BCUT2D eigenvalue weighted by Gasteiger charge is -2.15. The van der Waals surface area contributed by atoms with Crippen molar-refractivity contribution in [1.29, 1.82) is 0 Å². The van der Waals surface area contributed by atoms with Crippen molar-refractivity contribution in [3.63, 3.8) is 0 Å². The Morgan fingerprint density at radius 1 is 1.41 bits per heavy atom. The van der Waals surface area contributed by atoms with Crippen LogP contribution in [0.15, 0.2) is 12.1 Å². The minimum atomic E-state index is -0.142. The van der Waals surface area contributed by atoms with Crippen LogP contribution in [0, 0.1) is 5.92 Å². The highest BCUT2D eigenvalue weighted by Gasteiger charge is 2.29. The van der Waals surface area contributed by atoms with Crippen molar-refractivity contribution in [2.24, 2.45) is 5.92 Å². The van der Waals surface area contributed by atoms with E-state index in [1.807, 2.05) is 11.3 Å². The summed E-state index contributed by atoms with van der Waals surface area (Å²) in [5, 5.41) is 13.1. The molecule has 2 nitrogen and oxygen atoms in total. The first-order valence-electron chi connectivity index (χ1n) is 6.45. The van der Waals surface area contributed by atoms with Gasteiger partial charge in [-0.3, -0.25) is 0 Å². The van der Waals surface area contributed by atoms with Crippen molar-refractivity contribution in [2.45, 2.75) is 51.7 Å². The van der Waals surface area contributed by atoms with Gasteiger partial charge in [-0.05, 0) is 36.3 Å². The molecular weight excluding hydrogens is 230 g/mol. The summed E-state index contributed by atoms with van der Waals surface area (Å²) >= 11 is 1.87. The maximum absolute atomic E-state index is 9.74. The van der Waals surface area contributed by atoms with Gasteiger partial charge in [-0.1, -0.05) is 20.8 Å². The Kier molecular flexibility index (Phi) is 3.91. The zero-order valence-electron chi connectivity index (χ0n) is 11.0. The number of aliphatic hydroxyl groups is 1. The molecule has 1 aliphatic carbocycles. The molecule has 1 unspecified atom stereocenters. The second kappa shape index (κ2) is 5.09. The van der Waals surface area contributed by atoms with Crippen LogP contribution in [0.3, 0.4) is 0 Å². The molecular formula is C14H23NOS. The highest BCUT2D eigenvalue weighted by Crippen LogP contribution is 2.32. The molecule has 17 heavy (non-hydrogen) atoms. The Bertz CT molecular complexity index is 363. The first-order chi connectivity index (χ1) is 7.97. The number of rotatable bonds is 5. The smallest absolute Gasteiger partial charge is 0.0692 e. The zero-order valence-corrected chi connectivity index (χ0v) is 11.8. The zero-order chi connectivity index (χ0) is 12.5. The van der Waals surface area contributed by atoms with Crippen LogP contribution in [0.1, 0.15) is 43.4 Å². The summed E-state index contributed by atoms with van der Waals surface area (Å²) in [6, 6.07) is 4.42. The van der Waals surface area contributed by atoms with Crippen molar-refractivity contribution >= 4 is 11.3 Å². The molecule has 3 heteroatoms. The summed E-state index contributed by atoms with van der Waals surface area (Å²) in [6.45, 7) is 8.34. The van der Waals surface area contributed by atoms with Crippen LogP contribution >= 0.6 is 11.3 Å². The molecule has 0 radical (unpaired) electrons. The van der Waals surface area contributed by atoms with Crippen molar-refractivity contribution < 1.29 is 5.11 Å². The topological polar surface area (TPSA) is 32.3 Å². The van der Waals surface area contributed by atoms with E-state index in [4.69, 9.17) is 0 Å². The molecule has 1 atom stereocenters. The Labute approximate surface area is 108 Å². The second-order valence-corrected chi connectivity index (χ2v) is 7.22. The van der Waals surface area contributed by atoms with E-state index in [-0.39, 0.29) is 11.5 Å². The lowest BCUT2D eigenvalue weighted by molar-refractivity contribution is 0.148. The minimum absolute atomic E-state index is 0.142. The molecule has 96 valence electrons. The first-order valence-corrected chi connectivity index (χ1v) is 7.26. The third-order valence-corrected chi connectivity index (χ3v) is 4.73. The molecule has 1 aliphatic rings. The summed E-state index contributed by atoms with van der Waals surface area (Å²) in [4.78, 5) is 2.79. The highest BCUT2D eigenvalue weighted by molar-refractivity contribution is 7.12. The fourth-order valence-electron chi connectivity index (χ4n) is 1.87. The minimum Gasteiger partial charge on any atom is -0.392 e. The molecule has 1 aromatic rings. The fourth-order valence-corrected chi connectivity index (χ4v) is 2.90. The molecule has 0 aromatic carbocycles. The summed E-state index contributed by atoms with van der Waals surface area (Å²) in [5.74, 6) is 0.566. The van der Waals surface area contributed by atoms with E-state index in [1.54, 1.807) is 0 Å². The van der Waals surface area contributed by atoms with Gasteiger partial charge in [-0.15, -0.1) is 11.3 Å². The van der Waals surface area contributed by atoms with Gasteiger partial charge in [-0.25, -0.2) is 0 Å². The standard InChI is InChI=1S/C14H23NOS/c1-14(2,3)13-7-6-11(17-13)8-15-9-12(16)10-4-5-10/h6-7,10,12,15-16H,4-5,8-9H2,1-3H3. The lowest BCUT2D eigenvalue weighted by Crippen LogP contribution is -2.27. The Hall–Kier alpha value is -0.380. The summed E-state index contributed by atoms with van der Waals surface area (Å²) in [7, 11) is 0. The van der Waals surface area contributed by atoms with Crippen LogP contribution in [0.5, 0.6) is 0 Å². The predicted octanol–water partition coefficient (Wildman–Crippen LogP) is 2.91. The van der Waals surface area contributed by atoms with Gasteiger partial charge >= 0.3 is 0 Å². The van der Waals surface area contributed by atoms with Crippen molar-refractivity contribution in [1.82, 2.24) is 5.32 Å². The van der Waals surface area contributed by atoms with Crippen LogP contribution in [0.25, 0.3) is 0 Å². The maximum Gasteiger partial charge on any atom is 0.0692 e. The van der Waals surface area contributed by atoms with Crippen LogP contribution in [0.2, 0.25) is 0 Å². The SMILES string of the molecule is CC(C)(C)c1ccc(CNCC(O)C2CC2)s1. The van der Waals surface area contributed by atoms with E-state index < -0.39 is 0 Å². The van der Waals surface area contributed by atoms with Gasteiger partial charge in [0.2, 0.25) is 0 Å². The summed E-state index contributed by atoms with van der Waals surface area (Å²) in [6.07, 6.45) is 2.27. The van der Waals surface area contributed by atoms with Gasteiger partial charge in [0.15, 0.2) is 0 Å². The van der Waals surface area contributed by atoms with Gasteiger partial charge in [0.05, 0.1) is 6.10 Å². The van der Waals surface area contributed by atoms with Crippen molar-refractivity contribution in [2.75, 3.05) is 6.54 Å². The largest absolute Gasteiger partial charge is 0.392 e. The number of hydrogen-bond acceptors (Lipinski definition) is 3. The predicted molar refractivity (Wildman–Crippen MR) is 73.5 cm³/mol. The monoisotopic (exact) mass is 253 g/mol. The molecule has 0 amide bonds. The van der Waals surface area contributed by atoms with E-state index in [2.05, 4.69) is 38.2 Å². The molecule has 0 bridgehead atoms. The lowest BCUT2D eigenvalue weighted by atomic mass is 9.95. The van der Waals surface area contributed by atoms with Crippen LogP contribution in [-0.4, -0.2) is 17.8 Å². The molecule has 1 aromatic heterocycles. The van der Waals surface area contributed by atoms with Crippen molar-refractivity contribution in [3.8, 4) is 0 Å². The first kappa shape index (κ1) is 13.1. The fraction of sp³-hybridized carbons (Fsp3) is 0.714. The maximum atomic E-state index is 9.74. The second-order valence-electron chi connectivity index (χ2n) is 6.05. The molecule has 0 saturated heterocycles. The number of nitrogens with one attached hydrogen (secondary N) is 1. The van der Waals surface area contributed by atoms with E-state index in [9.17, 15) is 5.11 Å². The van der Waals surface area contributed by atoms with Gasteiger partial charge < -0.3 is 10.4 Å². The van der Waals surface area contributed by atoms with Crippen LogP contribution in [-0.2, 0) is 12.0 Å². The molecule has 1 saturated carbocycles. The van der Waals surface area contributed by atoms with E-state index >= 15 is 0 Å². The van der Waals surface area contributed by atoms with Crippen LogP contribution in [0.4, 0.5) is 0 Å². The van der Waals surface area contributed by atoms with Crippen molar-refractivity contribution in [3.05, 3.63) is 21.9 Å². The third-order valence-electron chi connectivity index (χ3n) is 3.22. The summed E-state index contributed by atoms with van der Waals surface area (Å²) < 4.78 is 0. The third kappa shape index (κ3) is 3.80. The summed E-state index contributed by atoms with van der Waals surface area (Å²) in [5.41, 5.74) is 0.246.